The first-order valence-corrected chi connectivity index (χ1v) is 5.86. The van der Waals surface area contributed by atoms with Crippen LogP contribution in [0.1, 0.15) is 0 Å². The maximum atomic E-state index is 6.11. The molecule has 1 aromatic carbocycles. The number of hydrogen-bond donors (Lipinski definition) is 0. The third-order valence-electron chi connectivity index (χ3n) is 2.06. The Morgan fingerprint density at radius 3 is 2.25 bits per heavy atom. The lowest BCUT2D eigenvalue weighted by atomic mass is 10.1. The van der Waals surface area contributed by atoms with Gasteiger partial charge in [0.05, 0.1) is 10.0 Å². The highest BCUT2D eigenvalue weighted by Gasteiger charge is 2.12. The lowest BCUT2D eigenvalue weighted by Crippen LogP contribution is -1.84. The van der Waals surface area contributed by atoms with E-state index in [0.717, 1.165) is 5.56 Å². The molecule has 0 aliphatic heterocycles. The fourth-order valence-electron chi connectivity index (χ4n) is 1.35. The Balaban J connectivity index is 2.68. The van der Waals surface area contributed by atoms with E-state index in [1.807, 2.05) is 0 Å². The second kappa shape index (κ2) is 4.80. The van der Waals surface area contributed by atoms with Crippen LogP contribution in [0.15, 0.2) is 30.5 Å². The Hall–Kier alpha value is -0.470. The molecule has 2 rings (SSSR count). The molecule has 0 bridgehead atoms. The second-order valence-electron chi connectivity index (χ2n) is 3.09. The first kappa shape index (κ1) is 12.0. The van der Waals surface area contributed by atoms with E-state index in [0.29, 0.717) is 25.8 Å². The summed E-state index contributed by atoms with van der Waals surface area (Å²) in [5, 5.41) is 1.77. The van der Waals surface area contributed by atoms with Crippen LogP contribution in [0.3, 0.4) is 0 Å². The molecule has 0 fully saturated rings. The number of nitrogens with zero attached hydrogens (tertiary/aromatic N) is 1. The van der Waals surface area contributed by atoms with Gasteiger partial charge < -0.3 is 0 Å². The normalized spacial score (nSPS) is 10.5. The van der Waals surface area contributed by atoms with Crippen molar-refractivity contribution >= 4 is 46.4 Å². The molecule has 0 unspecified atom stereocenters. The molecule has 0 radical (unpaired) electrons. The zero-order chi connectivity index (χ0) is 11.7. The van der Waals surface area contributed by atoms with Gasteiger partial charge in [-0.25, -0.2) is 4.98 Å². The molecule has 0 saturated carbocycles. The van der Waals surface area contributed by atoms with E-state index >= 15 is 0 Å². The van der Waals surface area contributed by atoms with Crippen molar-refractivity contribution < 1.29 is 0 Å². The van der Waals surface area contributed by atoms with E-state index in [-0.39, 0.29) is 0 Å². The van der Waals surface area contributed by atoms with Gasteiger partial charge in [0.25, 0.3) is 0 Å². The quantitative estimate of drug-likeness (QED) is 0.509. The smallest absolute Gasteiger partial charge is 0.129 e. The van der Waals surface area contributed by atoms with Crippen LogP contribution in [0, 0.1) is 0 Å². The molecule has 16 heavy (non-hydrogen) atoms. The van der Waals surface area contributed by atoms with Crippen molar-refractivity contribution in [3.05, 3.63) is 50.7 Å². The number of benzene rings is 1. The fraction of sp³-hybridized carbons (Fsp3) is 0. The highest BCUT2D eigenvalue weighted by atomic mass is 35.5. The van der Waals surface area contributed by atoms with E-state index in [1.54, 1.807) is 30.5 Å². The van der Waals surface area contributed by atoms with Gasteiger partial charge in [0.15, 0.2) is 0 Å². The van der Waals surface area contributed by atoms with E-state index in [1.165, 1.54) is 0 Å². The molecule has 82 valence electrons. The van der Waals surface area contributed by atoms with Gasteiger partial charge in [0, 0.05) is 16.8 Å². The van der Waals surface area contributed by atoms with Crippen LogP contribution in [-0.2, 0) is 0 Å². The third-order valence-corrected chi connectivity index (χ3v) is 3.39. The molecule has 0 aliphatic rings. The third kappa shape index (κ3) is 2.28. The van der Waals surface area contributed by atoms with Crippen molar-refractivity contribution in [2.75, 3.05) is 0 Å². The summed E-state index contributed by atoms with van der Waals surface area (Å²) in [6, 6.07) is 6.80. The standard InChI is InChI=1S/C11H5Cl4N/c12-7-1-2-8(13)11(15)10(7)6-3-4-16-9(14)5-6/h1-5H. The summed E-state index contributed by atoms with van der Waals surface area (Å²) in [4.78, 5) is 3.89. The summed E-state index contributed by atoms with van der Waals surface area (Å²) < 4.78 is 0. The number of rotatable bonds is 1. The Morgan fingerprint density at radius 2 is 1.56 bits per heavy atom. The molecule has 0 atom stereocenters. The van der Waals surface area contributed by atoms with Crippen molar-refractivity contribution in [1.29, 1.82) is 0 Å². The molecule has 5 heteroatoms. The maximum absolute atomic E-state index is 6.11. The zero-order valence-electron chi connectivity index (χ0n) is 7.85. The van der Waals surface area contributed by atoms with Crippen molar-refractivity contribution in [3.63, 3.8) is 0 Å². The highest BCUT2D eigenvalue weighted by Crippen LogP contribution is 2.39. The molecule has 0 saturated heterocycles. The molecular weight excluding hydrogens is 288 g/mol. The minimum Gasteiger partial charge on any atom is -0.245 e. The van der Waals surface area contributed by atoms with Gasteiger partial charge in [-0.3, -0.25) is 0 Å². The van der Waals surface area contributed by atoms with Crippen molar-refractivity contribution in [2.45, 2.75) is 0 Å². The van der Waals surface area contributed by atoms with Gasteiger partial charge in [0.1, 0.15) is 5.15 Å². The minimum atomic E-state index is 0.379. The summed E-state index contributed by atoms with van der Waals surface area (Å²) in [7, 11) is 0. The molecule has 2 aromatic rings. The average Bonchev–Trinajstić information content (AvgIpc) is 2.24. The Morgan fingerprint density at radius 1 is 0.875 bits per heavy atom. The first-order valence-electron chi connectivity index (χ1n) is 4.35. The predicted molar refractivity (Wildman–Crippen MR) is 69.7 cm³/mol. The zero-order valence-corrected chi connectivity index (χ0v) is 10.9. The summed E-state index contributed by atoms with van der Waals surface area (Å²) >= 11 is 23.9. The number of pyridine rings is 1. The largest absolute Gasteiger partial charge is 0.245 e. The maximum Gasteiger partial charge on any atom is 0.129 e. The van der Waals surface area contributed by atoms with Gasteiger partial charge in [-0.1, -0.05) is 46.4 Å². The minimum absolute atomic E-state index is 0.379. The molecular formula is C11H5Cl4N. The van der Waals surface area contributed by atoms with Crippen LogP contribution >= 0.6 is 46.4 Å². The average molecular weight is 293 g/mol. The van der Waals surface area contributed by atoms with Gasteiger partial charge in [-0.2, -0.15) is 0 Å². The van der Waals surface area contributed by atoms with Crippen LogP contribution < -0.4 is 0 Å². The Kier molecular flexibility index (Phi) is 3.60. The molecule has 0 N–H and O–H groups in total. The Labute approximate surface area is 113 Å². The molecule has 1 heterocycles. The molecule has 0 spiro atoms. The van der Waals surface area contributed by atoms with Gasteiger partial charge in [0.2, 0.25) is 0 Å². The fourth-order valence-corrected chi connectivity index (χ4v) is 2.27. The van der Waals surface area contributed by atoms with E-state index in [2.05, 4.69) is 4.98 Å². The number of halogens is 4. The summed E-state index contributed by atoms with van der Waals surface area (Å²) in [6.45, 7) is 0. The van der Waals surface area contributed by atoms with Crippen LogP contribution in [0.25, 0.3) is 11.1 Å². The summed E-state index contributed by atoms with van der Waals surface area (Å²) in [5.41, 5.74) is 1.46. The first-order chi connectivity index (χ1) is 7.59. The molecule has 0 aliphatic carbocycles. The van der Waals surface area contributed by atoms with Crippen molar-refractivity contribution in [1.82, 2.24) is 4.98 Å². The van der Waals surface area contributed by atoms with E-state index in [4.69, 9.17) is 46.4 Å². The number of aromatic nitrogens is 1. The second-order valence-corrected chi connectivity index (χ2v) is 4.67. The molecule has 1 aromatic heterocycles. The summed E-state index contributed by atoms with van der Waals surface area (Å²) in [6.07, 6.45) is 1.59. The van der Waals surface area contributed by atoms with Crippen LogP contribution in [0.4, 0.5) is 0 Å². The SMILES string of the molecule is Clc1cc(-c2c(Cl)ccc(Cl)c2Cl)ccn1. The monoisotopic (exact) mass is 291 g/mol. The lowest BCUT2D eigenvalue weighted by Gasteiger charge is -2.08. The van der Waals surface area contributed by atoms with Crippen LogP contribution in [-0.4, -0.2) is 4.98 Å². The van der Waals surface area contributed by atoms with Gasteiger partial charge in [-0.15, -0.1) is 0 Å². The van der Waals surface area contributed by atoms with Gasteiger partial charge in [-0.05, 0) is 29.8 Å². The van der Waals surface area contributed by atoms with Crippen molar-refractivity contribution in [2.24, 2.45) is 0 Å². The van der Waals surface area contributed by atoms with Crippen molar-refractivity contribution in [3.8, 4) is 11.1 Å². The topological polar surface area (TPSA) is 12.9 Å². The van der Waals surface area contributed by atoms with Crippen LogP contribution in [0.5, 0.6) is 0 Å². The highest BCUT2D eigenvalue weighted by molar-refractivity contribution is 6.46. The predicted octanol–water partition coefficient (Wildman–Crippen LogP) is 5.36. The molecule has 1 nitrogen and oxygen atoms in total. The molecule has 0 amide bonds. The van der Waals surface area contributed by atoms with E-state index < -0.39 is 0 Å². The number of hydrogen-bond acceptors (Lipinski definition) is 1. The van der Waals surface area contributed by atoms with Crippen LogP contribution in [0.2, 0.25) is 20.2 Å². The van der Waals surface area contributed by atoms with E-state index in [9.17, 15) is 0 Å². The Bertz CT molecular complexity index is 540. The summed E-state index contributed by atoms with van der Waals surface area (Å²) in [5.74, 6) is 0. The lowest BCUT2D eigenvalue weighted by molar-refractivity contribution is 1.33. The van der Waals surface area contributed by atoms with Gasteiger partial charge >= 0.3 is 0 Å².